The summed E-state index contributed by atoms with van der Waals surface area (Å²) in [6.07, 6.45) is 3.14. The van der Waals surface area contributed by atoms with Gasteiger partial charge in [0.05, 0.1) is 7.11 Å². The first-order chi connectivity index (χ1) is 10.1. The lowest BCUT2D eigenvalue weighted by Crippen LogP contribution is -2.34. The molecule has 1 spiro atoms. The Hall–Kier alpha value is -1.55. The Morgan fingerprint density at radius 2 is 2.10 bits per heavy atom. The first kappa shape index (κ1) is 13.1. The highest BCUT2D eigenvalue weighted by molar-refractivity contribution is 5.92. The zero-order valence-electron chi connectivity index (χ0n) is 12.6. The van der Waals surface area contributed by atoms with E-state index in [9.17, 15) is 4.79 Å². The van der Waals surface area contributed by atoms with Crippen LogP contribution in [-0.2, 0) is 4.79 Å². The van der Waals surface area contributed by atoms with Gasteiger partial charge in [-0.3, -0.25) is 10.1 Å². The van der Waals surface area contributed by atoms with Crippen molar-refractivity contribution >= 4 is 5.91 Å². The largest absolute Gasteiger partial charge is 0.496 e. The maximum absolute atomic E-state index is 12.8. The van der Waals surface area contributed by atoms with E-state index in [4.69, 9.17) is 4.74 Å². The van der Waals surface area contributed by atoms with Crippen molar-refractivity contribution in [3.05, 3.63) is 29.8 Å². The molecule has 1 aliphatic heterocycles. The Balaban J connectivity index is 1.66. The minimum absolute atomic E-state index is 0.0380. The number of carbonyl (C=O) groups excluding carboxylic acids is 1. The first-order valence-electron chi connectivity index (χ1n) is 7.86. The number of carbonyl (C=O) groups is 1. The van der Waals surface area contributed by atoms with Crippen molar-refractivity contribution in [2.24, 2.45) is 11.8 Å². The van der Waals surface area contributed by atoms with E-state index in [0.29, 0.717) is 5.92 Å². The number of para-hydroxylation sites is 1. The average Bonchev–Trinajstić information content (AvgIpc) is 3.39. The molecular formula is C17H22N2O2. The minimum atomic E-state index is -0.274. The molecule has 0 aromatic heterocycles. The fourth-order valence-electron chi connectivity index (χ4n) is 3.51. The van der Waals surface area contributed by atoms with Crippen LogP contribution in [0.1, 0.15) is 37.9 Å². The summed E-state index contributed by atoms with van der Waals surface area (Å²) >= 11 is 0. The van der Waals surface area contributed by atoms with Crippen molar-refractivity contribution in [1.82, 2.24) is 10.2 Å². The molecule has 3 fully saturated rings. The lowest BCUT2D eigenvalue weighted by molar-refractivity contribution is -0.131. The summed E-state index contributed by atoms with van der Waals surface area (Å²) in [5.74, 6) is 2.57. The number of rotatable bonds is 4. The molecule has 3 unspecified atom stereocenters. The highest BCUT2D eigenvalue weighted by Gasteiger charge is 2.60. The lowest BCUT2D eigenvalue weighted by atomic mass is 10.1. The second-order valence-corrected chi connectivity index (χ2v) is 6.80. The normalized spacial score (nSPS) is 32.6. The van der Waals surface area contributed by atoms with Gasteiger partial charge < -0.3 is 9.64 Å². The predicted molar refractivity (Wildman–Crippen MR) is 79.8 cm³/mol. The van der Waals surface area contributed by atoms with Gasteiger partial charge in [-0.25, -0.2) is 0 Å². The van der Waals surface area contributed by atoms with E-state index in [1.165, 1.54) is 6.42 Å². The van der Waals surface area contributed by atoms with E-state index in [0.717, 1.165) is 36.6 Å². The highest BCUT2D eigenvalue weighted by atomic mass is 16.5. The third kappa shape index (κ3) is 2.04. The molecule has 1 saturated heterocycles. The quantitative estimate of drug-likeness (QED) is 0.923. The van der Waals surface area contributed by atoms with E-state index in [-0.39, 0.29) is 17.6 Å². The van der Waals surface area contributed by atoms with E-state index in [1.807, 2.05) is 18.2 Å². The zero-order chi connectivity index (χ0) is 14.6. The van der Waals surface area contributed by atoms with Gasteiger partial charge >= 0.3 is 0 Å². The van der Waals surface area contributed by atoms with Crippen LogP contribution in [0.3, 0.4) is 0 Å². The third-order valence-electron chi connectivity index (χ3n) is 5.29. The SMILES string of the molecule is COc1ccccc1C1NC2(CC2)C(=O)N1CC1CC1C. The number of ether oxygens (including phenoxy) is 1. The smallest absolute Gasteiger partial charge is 0.244 e. The monoisotopic (exact) mass is 286 g/mol. The second-order valence-electron chi connectivity index (χ2n) is 6.80. The van der Waals surface area contributed by atoms with Crippen LogP contribution in [-0.4, -0.2) is 30.0 Å². The van der Waals surface area contributed by atoms with E-state index in [2.05, 4.69) is 23.2 Å². The highest BCUT2D eigenvalue weighted by Crippen LogP contribution is 2.49. The topological polar surface area (TPSA) is 41.6 Å². The molecule has 2 saturated carbocycles. The molecule has 1 amide bonds. The van der Waals surface area contributed by atoms with Gasteiger partial charge in [0.25, 0.3) is 0 Å². The summed E-state index contributed by atoms with van der Waals surface area (Å²) in [5.41, 5.74) is 0.800. The zero-order valence-corrected chi connectivity index (χ0v) is 12.6. The molecule has 3 atom stereocenters. The van der Waals surface area contributed by atoms with Crippen LogP contribution in [0.25, 0.3) is 0 Å². The van der Waals surface area contributed by atoms with Crippen LogP contribution in [0.5, 0.6) is 5.75 Å². The van der Waals surface area contributed by atoms with Gasteiger partial charge in [-0.1, -0.05) is 25.1 Å². The van der Waals surface area contributed by atoms with Gasteiger partial charge in [0, 0.05) is 12.1 Å². The molecule has 112 valence electrons. The summed E-state index contributed by atoms with van der Waals surface area (Å²) in [4.78, 5) is 14.8. The Kier molecular flexibility index (Phi) is 2.80. The number of amides is 1. The minimum Gasteiger partial charge on any atom is -0.496 e. The molecule has 4 rings (SSSR count). The van der Waals surface area contributed by atoms with Crippen LogP contribution < -0.4 is 10.1 Å². The molecule has 0 radical (unpaired) electrons. The number of hydrogen-bond donors (Lipinski definition) is 1. The molecule has 1 heterocycles. The predicted octanol–water partition coefficient (Wildman–Crippen LogP) is 2.31. The van der Waals surface area contributed by atoms with Crippen molar-refractivity contribution in [3.63, 3.8) is 0 Å². The molecule has 1 aromatic carbocycles. The Bertz CT molecular complexity index is 582. The molecule has 21 heavy (non-hydrogen) atoms. The van der Waals surface area contributed by atoms with Gasteiger partial charge in [0.2, 0.25) is 5.91 Å². The van der Waals surface area contributed by atoms with Crippen molar-refractivity contribution < 1.29 is 9.53 Å². The molecule has 4 nitrogen and oxygen atoms in total. The fraction of sp³-hybridized carbons (Fsp3) is 0.588. The second kappa shape index (κ2) is 4.47. The van der Waals surface area contributed by atoms with Crippen molar-refractivity contribution in [2.75, 3.05) is 13.7 Å². The van der Waals surface area contributed by atoms with Gasteiger partial charge in [-0.2, -0.15) is 0 Å². The number of nitrogens with one attached hydrogen (secondary N) is 1. The summed E-state index contributed by atoms with van der Waals surface area (Å²) in [6.45, 7) is 3.14. The van der Waals surface area contributed by atoms with Gasteiger partial charge in [0.1, 0.15) is 17.5 Å². The number of hydrogen-bond acceptors (Lipinski definition) is 3. The third-order valence-corrected chi connectivity index (χ3v) is 5.29. The first-order valence-corrected chi connectivity index (χ1v) is 7.86. The molecule has 4 heteroatoms. The standard InChI is InChI=1S/C17H22N2O2/c1-11-9-12(11)10-19-15(18-17(7-8-17)16(19)20)13-5-3-4-6-14(13)21-2/h3-6,11-12,15,18H,7-10H2,1-2H3. The summed E-state index contributed by atoms with van der Waals surface area (Å²) in [7, 11) is 1.69. The number of methoxy groups -OCH3 is 1. The van der Waals surface area contributed by atoms with Crippen LogP contribution in [0.15, 0.2) is 24.3 Å². The molecule has 3 aliphatic rings. The molecule has 0 bridgehead atoms. The maximum atomic E-state index is 12.8. The van der Waals surface area contributed by atoms with E-state index >= 15 is 0 Å². The molecular weight excluding hydrogens is 264 g/mol. The van der Waals surface area contributed by atoms with Crippen LogP contribution in [0.2, 0.25) is 0 Å². The van der Waals surface area contributed by atoms with Crippen molar-refractivity contribution in [3.8, 4) is 5.75 Å². The Labute approximate surface area is 125 Å². The average molecular weight is 286 g/mol. The van der Waals surface area contributed by atoms with Crippen LogP contribution >= 0.6 is 0 Å². The van der Waals surface area contributed by atoms with E-state index < -0.39 is 0 Å². The Morgan fingerprint density at radius 1 is 1.38 bits per heavy atom. The summed E-state index contributed by atoms with van der Waals surface area (Å²) in [6, 6.07) is 8.02. The summed E-state index contributed by atoms with van der Waals surface area (Å²) < 4.78 is 5.49. The lowest BCUT2D eigenvalue weighted by Gasteiger charge is -2.26. The van der Waals surface area contributed by atoms with Crippen molar-refractivity contribution in [2.45, 2.75) is 37.9 Å². The van der Waals surface area contributed by atoms with E-state index in [1.54, 1.807) is 7.11 Å². The Morgan fingerprint density at radius 3 is 2.71 bits per heavy atom. The molecule has 1 aromatic rings. The fourth-order valence-corrected chi connectivity index (χ4v) is 3.51. The molecule has 2 aliphatic carbocycles. The van der Waals surface area contributed by atoms with Crippen LogP contribution in [0, 0.1) is 11.8 Å². The number of nitrogens with zero attached hydrogens (tertiary/aromatic N) is 1. The molecule has 1 N–H and O–H groups in total. The van der Waals surface area contributed by atoms with Gasteiger partial charge in [-0.15, -0.1) is 0 Å². The number of benzene rings is 1. The van der Waals surface area contributed by atoms with Gasteiger partial charge in [0.15, 0.2) is 0 Å². The van der Waals surface area contributed by atoms with Gasteiger partial charge in [-0.05, 0) is 37.2 Å². The van der Waals surface area contributed by atoms with Crippen LogP contribution in [0.4, 0.5) is 0 Å². The maximum Gasteiger partial charge on any atom is 0.244 e. The summed E-state index contributed by atoms with van der Waals surface area (Å²) in [5, 5.41) is 3.58. The van der Waals surface area contributed by atoms with Crippen molar-refractivity contribution in [1.29, 1.82) is 0 Å².